The number of anilines is 1. The van der Waals surface area contributed by atoms with Gasteiger partial charge in [-0.3, -0.25) is 9.59 Å². The van der Waals surface area contributed by atoms with Crippen LogP contribution in [0.3, 0.4) is 0 Å². The molecule has 0 fully saturated rings. The van der Waals surface area contributed by atoms with Gasteiger partial charge in [0.15, 0.2) is 5.16 Å². The molecule has 2 aliphatic carbocycles. The third-order valence-electron chi connectivity index (χ3n) is 5.18. The Kier molecular flexibility index (Phi) is 5.91. The molecule has 0 radical (unpaired) electrons. The first-order chi connectivity index (χ1) is 14.1. The van der Waals surface area contributed by atoms with E-state index in [0.29, 0.717) is 10.6 Å². The first-order valence-corrected chi connectivity index (χ1v) is 11.7. The van der Waals surface area contributed by atoms with Crippen LogP contribution in [-0.4, -0.2) is 27.1 Å². The molecular formula is C21H24N4O2S2. The number of hydrogen-bond donors (Lipinski definition) is 2. The van der Waals surface area contributed by atoms with Crippen molar-refractivity contribution in [2.75, 3.05) is 11.1 Å². The summed E-state index contributed by atoms with van der Waals surface area (Å²) in [6.45, 7) is 2.86. The summed E-state index contributed by atoms with van der Waals surface area (Å²) in [6, 6.07) is 0. The monoisotopic (exact) mass is 428 g/mol. The zero-order valence-corrected chi connectivity index (χ0v) is 18.0. The van der Waals surface area contributed by atoms with Crippen molar-refractivity contribution < 1.29 is 9.59 Å². The summed E-state index contributed by atoms with van der Waals surface area (Å²) < 4.78 is 2.13. The maximum atomic E-state index is 12.6. The SMILES string of the molecule is CCn1c(C2=CCCC=C2)cnc1SCC(=O)Nc1sc2c(c1C(N)=O)CCC2. The Morgan fingerprint density at radius 1 is 1.34 bits per heavy atom. The number of nitrogens with one attached hydrogen (secondary N) is 1. The Hall–Kier alpha value is -2.32. The van der Waals surface area contributed by atoms with E-state index < -0.39 is 5.91 Å². The van der Waals surface area contributed by atoms with Gasteiger partial charge < -0.3 is 15.6 Å². The molecule has 6 nitrogen and oxygen atoms in total. The van der Waals surface area contributed by atoms with Crippen LogP contribution in [0.5, 0.6) is 0 Å². The molecule has 29 heavy (non-hydrogen) atoms. The molecule has 2 heterocycles. The molecule has 0 bridgehead atoms. The summed E-state index contributed by atoms with van der Waals surface area (Å²) in [4.78, 5) is 30.1. The lowest BCUT2D eigenvalue weighted by molar-refractivity contribution is -0.113. The number of amides is 2. The minimum atomic E-state index is -0.465. The molecule has 0 atom stereocenters. The summed E-state index contributed by atoms with van der Waals surface area (Å²) in [6.07, 6.45) is 13.4. The Labute approximate surface area is 178 Å². The van der Waals surface area contributed by atoms with Gasteiger partial charge in [0, 0.05) is 11.4 Å². The summed E-state index contributed by atoms with van der Waals surface area (Å²) in [5.41, 5.74) is 9.35. The number of fused-ring (bicyclic) bond motifs is 1. The van der Waals surface area contributed by atoms with Crippen molar-refractivity contribution in [2.24, 2.45) is 5.73 Å². The fraction of sp³-hybridized carbons (Fsp3) is 0.381. The first kappa shape index (κ1) is 20.0. The lowest BCUT2D eigenvalue weighted by Gasteiger charge is -2.12. The topological polar surface area (TPSA) is 90.0 Å². The predicted octanol–water partition coefficient (Wildman–Crippen LogP) is 4.02. The molecule has 0 saturated carbocycles. The highest BCUT2D eigenvalue weighted by Crippen LogP contribution is 2.39. The summed E-state index contributed by atoms with van der Waals surface area (Å²) >= 11 is 2.89. The van der Waals surface area contributed by atoms with Crippen LogP contribution in [-0.2, 0) is 24.2 Å². The molecular weight excluding hydrogens is 404 g/mol. The number of carbonyl (C=O) groups is 2. The molecule has 152 valence electrons. The average molecular weight is 429 g/mol. The number of rotatable bonds is 7. The minimum Gasteiger partial charge on any atom is -0.365 e. The van der Waals surface area contributed by atoms with Crippen molar-refractivity contribution >= 4 is 45.5 Å². The number of allylic oxidation sites excluding steroid dienone is 4. The number of thiophene rings is 1. The molecule has 8 heteroatoms. The van der Waals surface area contributed by atoms with Gasteiger partial charge in [0.1, 0.15) is 5.00 Å². The highest BCUT2D eigenvalue weighted by molar-refractivity contribution is 7.99. The van der Waals surface area contributed by atoms with E-state index >= 15 is 0 Å². The van der Waals surface area contributed by atoms with E-state index in [9.17, 15) is 9.59 Å². The number of nitrogens with two attached hydrogens (primary N) is 1. The predicted molar refractivity (Wildman–Crippen MR) is 118 cm³/mol. The second kappa shape index (κ2) is 8.59. The Morgan fingerprint density at radius 2 is 2.21 bits per heavy atom. The molecule has 0 aromatic carbocycles. The number of hydrogen-bond acceptors (Lipinski definition) is 5. The summed E-state index contributed by atoms with van der Waals surface area (Å²) in [5, 5.41) is 4.31. The highest BCUT2D eigenvalue weighted by atomic mass is 32.2. The van der Waals surface area contributed by atoms with Crippen LogP contribution in [0.15, 0.2) is 29.6 Å². The largest absolute Gasteiger partial charge is 0.365 e. The van der Waals surface area contributed by atoms with Gasteiger partial charge in [-0.15, -0.1) is 11.3 Å². The first-order valence-electron chi connectivity index (χ1n) is 9.88. The zero-order chi connectivity index (χ0) is 20.4. The van der Waals surface area contributed by atoms with Gasteiger partial charge in [-0.05, 0) is 50.2 Å². The smallest absolute Gasteiger partial charge is 0.251 e. The van der Waals surface area contributed by atoms with Gasteiger partial charge >= 0.3 is 0 Å². The molecule has 0 unspecified atom stereocenters. The number of thioether (sulfide) groups is 1. The van der Waals surface area contributed by atoms with Crippen LogP contribution in [0.2, 0.25) is 0 Å². The van der Waals surface area contributed by atoms with Gasteiger partial charge in [-0.25, -0.2) is 4.98 Å². The molecule has 2 aliphatic rings. The summed E-state index contributed by atoms with van der Waals surface area (Å²) in [5.74, 6) is -0.389. The Bertz CT molecular complexity index is 1020. The quantitative estimate of drug-likeness (QED) is 0.652. The maximum absolute atomic E-state index is 12.6. The van der Waals surface area contributed by atoms with Crippen molar-refractivity contribution in [1.82, 2.24) is 9.55 Å². The lowest BCUT2D eigenvalue weighted by atomic mass is 10.0. The molecule has 4 rings (SSSR count). The van der Waals surface area contributed by atoms with Gasteiger partial charge in [-0.1, -0.05) is 30.0 Å². The third kappa shape index (κ3) is 4.04. The normalized spacial score (nSPS) is 15.3. The van der Waals surface area contributed by atoms with E-state index in [1.807, 2.05) is 6.20 Å². The van der Waals surface area contributed by atoms with E-state index in [1.165, 1.54) is 33.5 Å². The van der Waals surface area contributed by atoms with E-state index in [-0.39, 0.29) is 11.7 Å². The molecule has 0 saturated heterocycles. The second-order valence-electron chi connectivity index (χ2n) is 7.07. The number of carbonyl (C=O) groups excluding carboxylic acids is 2. The van der Waals surface area contributed by atoms with E-state index in [1.54, 1.807) is 0 Å². The number of imidazole rings is 1. The van der Waals surface area contributed by atoms with Crippen molar-refractivity contribution in [3.8, 4) is 0 Å². The fourth-order valence-corrected chi connectivity index (χ4v) is 6.01. The lowest BCUT2D eigenvalue weighted by Crippen LogP contribution is -2.19. The number of nitrogens with zero attached hydrogens (tertiary/aromatic N) is 2. The molecule has 3 N–H and O–H groups in total. The van der Waals surface area contributed by atoms with Gasteiger partial charge in [-0.2, -0.15) is 0 Å². The molecule has 0 spiro atoms. The standard InChI is InChI=1S/C21H24N4O2S2/c1-2-25-15(13-7-4-3-5-8-13)11-23-21(25)28-12-17(26)24-20-18(19(22)27)14-9-6-10-16(14)29-20/h4,7-8,11H,2-3,5-6,9-10,12H2,1H3,(H2,22,27)(H,24,26). The Balaban J connectivity index is 1.45. The minimum absolute atomic E-state index is 0.151. The fourth-order valence-electron chi connectivity index (χ4n) is 3.86. The van der Waals surface area contributed by atoms with Crippen LogP contribution in [0.4, 0.5) is 5.00 Å². The van der Waals surface area contributed by atoms with Crippen LogP contribution in [0, 0.1) is 0 Å². The number of aromatic nitrogens is 2. The van der Waals surface area contributed by atoms with Crippen LogP contribution >= 0.6 is 23.1 Å². The van der Waals surface area contributed by atoms with Crippen molar-refractivity contribution in [3.05, 3.63) is 46.1 Å². The second-order valence-corrected chi connectivity index (χ2v) is 9.12. The van der Waals surface area contributed by atoms with Gasteiger partial charge in [0.2, 0.25) is 5.91 Å². The van der Waals surface area contributed by atoms with E-state index in [2.05, 4.69) is 40.0 Å². The number of primary amides is 1. The number of aryl methyl sites for hydroxylation is 1. The molecule has 2 aromatic rings. The average Bonchev–Trinajstić information content (AvgIpc) is 3.40. The van der Waals surface area contributed by atoms with E-state index in [4.69, 9.17) is 5.73 Å². The maximum Gasteiger partial charge on any atom is 0.251 e. The molecule has 2 aromatic heterocycles. The molecule has 0 aliphatic heterocycles. The molecule has 2 amide bonds. The van der Waals surface area contributed by atoms with Gasteiger partial charge in [0.25, 0.3) is 5.91 Å². The van der Waals surface area contributed by atoms with Crippen LogP contribution in [0.1, 0.15) is 52.7 Å². The van der Waals surface area contributed by atoms with Crippen LogP contribution < -0.4 is 11.1 Å². The summed E-state index contributed by atoms with van der Waals surface area (Å²) in [7, 11) is 0. The third-order valence-corrected chi connectivity index (χ3v) is 7.38. The van der Waals surface area contributed by atoms with Crippen molar-refractivity contribution in [1.29, 1.82) is 0 Å². The Morgan fingerprint density at radius 3 is 2.93 bits per heavy atom. The zero-order valence-electron chi connectivity index (χ0n) is 16.4. The highest BCUT2D eigenvalue weighted by Gasteiger charge is 2.26. The van der Waals surface area contributed by atoms with Gasteiger partial charge in [0.05, 0.1) is 23.2 Å². The van der Waals surface area contributed by atoms with Crippen molar-refractivity contribution in [2.45, 2.75) is 50.7 Å². The van der Waals surface area contributed by atoms with Crippen molar-refractivity contribution in [3.63, 3.8) is 0 Å². The van der Waals surface area contributed by atoms with E-state index in [0.717, 1.165) is 55.1 Å². The van der Waals surface area contributed by atoms with Crippen LogP contribution in [0.25, 0.3) is 5.57 Å².